The van der Waals surface area contributed by atoms with Crippen molar-refractivity contribution in [3.63, 3.8) is 0 Å². The lowest BCUT2D eigenvalue weighted by Gasteiger charge is -2.09. The first-order valence-corrected chi connectivity index (χ1v) is 10.6. The number of ether oxygens (including phenoxy) is 1. The molecule has 1 fully saturated rings. The zero-order chi connectivity index (χ0) is 22.5. The zero-order valence-corrected chi connectivity index (χ0v) is 18.2. The average Bonchev–Trinajstić information content (AvgIpc) is 3.29. The number of nitroso groups, excluding NO2 is 1. The van der Waals surface area contributed by atoms with Gasteiger partial charge in [-0.05, 0) is 41.3 Å². The van der Waals surface area contributed by atoms with Gasteiger partial charge < -0.3 is 10.5 Å². The van der Waals surface area contributed by atoms with E-state index in [1.807, 2.05) is 19.1 Å². The molecule has 3 aromatic carbocycles. The lowest BCUT2D eigenvalue weighted by atomic mass is 10.0. The third kappa shape index (κ3) is 8.57. The molecule has 0 radical (unpaired) electrons. The molecule has 2 N–H and O–H groups in total. The maximum absolute atomic E-state index is 10.4. The average molecular weight is 419 g/mol. The fourth-order valence-electron chi connectivity index (χ4n) is 3.37. The van der Waals surface area contributed by atoms with E-state index in [0.717, 1.165) is 5.92 Å². The summed E-state index contributed by atoms with van der Waals surface area (Å²) in [7, 11) is 0. The molecule has 0 aromatic heterocycles. The number of nitrogens with two attached hydrogens (primary N) is 1. The van der Waals surface area contributed by atoms with E-state index in [2.05, 4.69) is 54.6 Å². The topological polar surface area (TPSA) is 81.8 Å². The summed E-state index contributed by atoms with van der Waals surface area (Å²) >= 11 is 0. The lowest BCUT2D eigenvalue weighted by molar-refractivity contribution is -0.119. The molecule has 162 valence electrons. The SMILES string of the molecule is CC(N)c1cccc2ccccc12.CC1CCCC1.O=NC(=O)COc1cc#ccc1. The van der Waals surface area contributed by atoms with Crippen LogP contribution in [0.15, 0.2) is 65.8 Å². The van der Waals surface area contributed by atoms with Gasteiger partial charge in [0, 0.05) is 17.3 Å². The van der Waals surface area contributed by atoms with E-state index in [1.54, 1.807) is 12.1 Å². The van der Waals surface area contributed by atoms with Gasteiger partial charge in [0.1, 0.15) is 5.75 Å². The van der Waals surface area contributed by atoms with Gasteiger partial charge in [0.25, 0.3) is 0 Å². The summed E-state index contributed by atoms with van der Waals surface area (Å²) in [5.41, 5.74) is 7.10. The maximum atomic E-state index is 10.4. The standard InChI is InChI=1S/C12H13N.C8H5NO3.C6H12/c1-9(13)11-8-4-6-10-5-2-3-7-12(10)11;10-8(9-11)6-12-7-4-2-1-3-5-7;1-6-4-2-3-5-6/h2-9H,13H2,1H3;2,4-5H,6H2;6H,2-5H2,1H3. The monoisotopic (exact) mass is 418 g/mol. The van der Waals surface area contributed by atoms with Crippen LogP contribution in [0.25, 0.3) is 10.8 Å². The van der Waals surface area contributed by atoms with Crippen molar-refractivity contribution in [2.75, 3.05) is 6.61 Å². The second-order valence-electron chi connectivity index (χ2n) is 7.69. The molecule has 1 unspecified atom stereocenters. The quantitative estimate of drug-likeness (QED) is 0.526. The predicted molar refractivity (Wildman–Crippen MR) is 125 cm³/mol. The number of amides is 1. The van der Waals surface area contributed by atoms with E-state index in [9.17, 15) is 9.70 Å². The Kier molecular flexibility index (Phi) is 10.2. The lowest BCUT2D eigenvalue weighted by Crippen LogP contribution is -2.07. The van der Waals surface area contributed by atoms with Crippen LogP contribution in [-0.2, 0) is 4.79 Å². The van der Waals surface area contributed by atoms with Crippen molar-refractivity contribution < 1.29 is 9.53 Å². The summed E-state index contributed by atoms with van der Waals surface area (Å²) in [5, 5.41) is 4.70. The maximum Gasteiger partial charge on any atom is 0.323 e. The van der Waals surface area contributed by atoms with Crippen LogP contribution in [0.4, 0.5) is 0 Å². The Morgan fingerprint density at radius 1 is 1.13 bits per heavy atom. The highest BCUT2D eigenvalue weighted by Crippen LogP contribution is 2.23. The Bertz CT molecular complexity index is 930. The molecular weight excluding hydrogens is 388 g/mol. The number of carbonyl (C=O) groups excluding carboxylic acids is 1. The Balaban J connectivity index is 0.000000176. The first-order chi connectivity index (χ1) is 15.0. The third-order valence-corrected chi connectivity index (χ3v) is 5.05. The third-order valence-electron chi connectivity index (χ3n) is 5.05. The van der Waals surface area contributed by atoms with Crippen LogP contribution >= 0.6 is 0 Å². The summed E-state index contributed by atoms with van der Waals surface area (Å²) in [6, 6.07) is 24.7. The van der Waals surface area contributed by atoms with E-state index in [-0.39, 0.29) is 12.6 Å². The van der Waals surface area contributed by atoms with Crippen molar-refractivity contribution in [1.82, 2.24) is 0 Å². The Labute approximate surface area is 184 Å². The molecule has 3 aromatic rings. The van der Waals surface area contributed by atoms with Crippen molar-refractivity contribution >= 4 is 16.7 Å². The Morgan fingerprint density at radius 2 is 1.84 bits per heavy atom. The number of nitrogens with zero attached hydrogens (tertiary/aromatic N) is 1. The van der Waals surface area contributed by atoms with Crippen LogP contribution in [0.1, 0.15) is 51.1 Å². The minimum Gasteiger partial charge on any atom is -0.483 e. The zero-order valence-electron chi connectivity index (χ0n) is 18.2. The smallest absolute Gasteiger partial charge is 0.323 e. The molecule has 0 heterocycles. The Hall–Kier alpha value is -3.23. The number of rotatable bonds is 4. The van der Waals surface area contributed by atoms with Crippen LogP contribution < -0.4 is 10.5 Å². The highest BCUT2D eigenvalue weighted by molar-refractivity contribution is 5.86. The molecule has 31 heavy (non-hydrogen) atoms. The number of benzene rings is 2. The molecular formula is C26H30N2O3. The van der Waals surface area contributed by atoms with Crippen molar-refractivity contribution in [3.8, 4) is 5.75 Å². The minimum atomic E-state index is -0.831. The van der Waals surface area contributed by atoms with Crippen LogP contribution in [0.2, 0.25) is 0 Å². The molecule has 5 heteroatoms. The summed E-state index contributed by atoms with van der Waals surface area (Å²) in [6.45, 7) is 4.02. The predicted octanol–water partition coefficient (Wildman–Crippen LogP) is 6.01. The highest BCUT2D eigenvalue weighted by Gasteiger charge is 2.07. The molecule has 5 nitrogen and oxygen atoms in total. The van der Waals surface area contributed by atoms with E-state index < -0.39 is 5.91 Å². The van der Waals surface area contributed by atoms with Gasteiger partial charge in [-0.25, -0.2) is 0 Å². The van der Waals surface area contributed by atoms with Gasteiger partial charge in [0.05, 0.1) is 0 Å². The van der Waals surface area contributed by atoms with Gasteiger partial charge in [0.2, 0.25) is 0 Å². The number of hydrogen-bond donors (Lipinski definition) is 1. The first kappa shape index (κ1) is 24.0. The van der Waals surface area contributed by atoms with Crippen molar-refractivity contribution in [2.45, 2.75) is 45.6 Å². The Morgan fingerprint density at radius 3 is 2.42 bits per heavy atom. The second-order valence-corrected chi connectivity index (χ2v) is 7.69. The van der Waals surface area contributed by atoms with E-state index in [1.165, 1.54) is 48.1 Å². The molecule has 1 amide bonds. The van der Waals surface area contributed by atoms with Gasteiger partial charge in [-0.2, -0.15) is 0 Å². The van der Waals surface area contributed by atoms with Crippen LogP contribution in [0.5, 0.6) is 5.75 Å². The molecule has 0 bridgehead atoms. The molecule has 0 saturated heterocycles. The summed E-state index contributed by atoms with van der Waals surface area (Å²) in [5.74, 6) is 0.679. The first-order valence-electron chi connectivity index (χ1n) is 10.6. The molecule has 0 aliphatic heterocycles. The van der Waals surface area contributed by atoms with Crippen LogP contribution in [-0.4, -0.2) is 12.5 Å². The van der Waals surface area contributed by atoms with Gasteiger partial charge >= 0.3 is 5.91 Å². The van der Waals surface area contributed by atoms with Crippen molar-refractivity contribution in [1.29, 1.82) is 0 Å². The summed E-state index contributed by atoms with van der Waals surface area (Å²) in [6.07, 6.45) is 5.95. The van der Waals surface area contributed by atoms with E-state index >= 15 is 0 Å². The number of hydrogen-bond acceptors (Lipinski definition) is 4. The fourth-order valence-corrected chi connectivity index (χ4v) is 3.37. The molecule has 0 spiro atoms. The normalized spacial score (nSPS) is 13.6. The minimum absolute atomic E-state index is 0.103. The van der Waals surface area contributed by atoms with Gasteiger partial charge in [0.15, 0.2) is 6.61 Å². The fraction of sp³-hybridized carbons (Fsp3) is 0.346. The van der Waals surface area contributed by atoms with Gasteiger partial charge in [-0.1, -0.05) is 87.2 Å². The molecule has 1 saturated carbocycles. The second kappa shape index (κ2) is 13.1. The largest absolute Gasteiger partial charge is 0.483 e. The summed E-state index contributed by atoms with van der Waals surface area (Å²) < 4.78 is 4.86. The van der Waals surface area contributed by atoms with Gasteiger partial charge in [-0.15, -0.1) is 4.91 Å². The highest BCUT2D eigenvalue weighted by atomic mass is 16.5. The molecule has 1 aliphatic rings. The van der Waals surface area contributed by atoms with Crippen LogP contribution in [0, 0.1) is 23.0 Å². The van der Waals surface area contributed by atoms with E-state index in [4.69, 9.17) is 10.5 Å². The van der Waals surface area contributed by atoms with Crippen molar-refractivity contribution in [3.05, 3.63) is 83.3 Å². The van der Waals surface area contributed by atoms with E-state index in [0.29, 0.717) is 5.75 Å². The van der Waals surface area contributed by atoms with Crippen LogP contribution in [0.3, 0.4) is 0 Å². The molecule has 4 rings (SSSR count). The number of fused-ring (bicyclic) bond motifs is 1. The van der Waals surface area contributed by atoms with Crippen molar-refractivity contribution in [2.24, 2.45) is 16.8 Å². The molecule has 1 atom stereocenters. The van der Waals surface area contributed by atoms with Gasteiger partial charge in [-0.3, -0.25) is 4.79 Å². The molecule has 1 aliphatic carbocycles. The summed E-state index contributed by atoms with van der Waals surface area (Å²) in [4.78, 5) is 20.0. The number of carbonyl (C=O) groups is 1.